The van der Waals surface area contributed by atoms with Gasteiger partial charge in [0.1, 0.15) is 12.6 Å². The molecule has 14 heavy (non-hydrogen) atoms. The summed E-state index contributed by atoms with van der Waals surface area (Å²) in [6, 6.07) is 9.62. The molecular formula is C12H12O2. The number of hydrogen-bond acceptors (Lipinski definition) is 2. The van der Waals surface area contributed by atoms with Crippen LogP contribution in [0.25, 0.3) is 0 Å². The monoisotopic (exact) mass is 188 g/mol. The standard InChI is InChI=1S/C12H12O2/c1-10(12(9-14)7-8-13)11-5-3-2-4-6-11/h2-10H,1H3/b12-7-. The predicted molar refractivity (Wildman–Crippen MR) is 55.1 cm³/mol. The molecule has 1 aromatic rings. The molecule has 0 aliphatic heterocycles. The third kappa shape index (κ3) is 2.39. The van der Waals surface area contributed by atoms with Gasteiger partial charge >= 0.3 is 0 Å². The molecule has 0 amide bonds. The Bertz CT molecular complexity index is 339. The average molecular weight is 188 g/mol. The van der Waals surface area contributed by atoms with Crippen LogP contribution in [0.1, 0.15) is 18.4 Å². The summed E-state index contributed by atoms with van der Waals surface area (Å²) in [5.74, 6) is -0.0288. The smallest absolute Gasteiger partial charge is 0.146 e. The molecule has 2 nitrogen and oxygen atoms in total. The molecule has 0 radical (unpaired) electrons. The summed E-state index contributed by atoms with van der Waals surface area (Å²) < 4.78 is 0. The van der Waals surface area contributed by atoms with Crippen LogP contribution in [0.5, 0.6) is 0 Å². The topological polar surface area (TPSA) is 34.1 Å². The van der Waals surface area contributed by atoms with Crippen LogP contribution in [0, 0.1) is 0 Å². The molecule has 0 aliphatic carbocycles. The lowest BCUT2D eigenvalue weighted by Crippen LogP contribution is -1.99. The van der Waals surface area contributed by atoms with Crippen LogP contribution >= 0.6 is 0 Å². The van der Waals surface area contributed by atoms with Crippen LogP contribution in [0.4, 0.5) is 0 Å². The highest BCUT2D eigenvalue weighted by molar-refractivity contribution is 5.83. The Morgan fingerprint density at radius 3 is 2.36 bits per heavy atom. The third-order valence-corrected chi connectivity index (χ3v) is 2.20. The zero-order chi connectivity index (χ0) is 10.4. The van der Waals surface area contributed by atoms with Crippen LogP contribution in [-0.4, -0.2) is 12.6 Å². The normalized spacial score (nSPS) is 13.4. The number of aldehydes is 2. The third-order valence-electron chi connectivity index (χ3n) is 2.20. The molecule has 72 valence electrons. The van der Waals surface area contributed by atoms with E-state index in [9.17, 15) is 9.59 Å². The zero-order valence-electron chi connectivity index (χ0n) is 8.01. The van der Waals surface area contributed by atoms with Crippen LogP contribution < -0.4 is 0 Å². The molecule has 0 spiro atoms. The maximum atomic E-state index is 10.7. The molecule has 0 saturated carbocycles. The van der Waals surface area contributed by atoms with Gasteiger partial charge in [-0.15, -0.1) is 0 Å². The highest BCUT2D eigenvalue weighted by Crippen LogP contribution is 2.21. The van der Waals surface area contributed by atoms with Crippen molar-refractivity contribution in [3.63, 3.8) is 0 Å². The SMILES string of the molecule is CC(/C(C=O)=C\C=O)c1ccccc1. The van der Waals surface area contributed by atoms with Gasteiger partial charge in [-0.2, -0.15) is 0 Å². The van der Waals surface area contributed by atoms with Gasteiger partial charge in [-0.25, -0.2) is 0 Å². The van der Waals surface area contributed by atoms with Crippen LogP contribution in [-0.2, 0) is 9.59 Å². The van der Waals surface area contributed by atoms with E-state index < -0.39 is 0 Å². The first-order chi connectivity index (χ1) is 6.79. The molecule has 1 unspecified atom stereocenters. The number of rotatable bonds is 4. The maximum absolute atomic E-state index is 10.7. The van der Waals surface area contributed by atoms with Gasteiger partial charge < -0.3 is 0 Å². The average Bonchev–Trinajstić information content (AvgIpc) is 2.26. The highest BCUT2D eigenvalue weighted by atomic mass is 16.1. The van der Waals surface area contributed by atoms with Crippen LogP contribution in [0.3, 0.4) is 0 Å². The Hall–Kier alpha value is -1.70. The second-order valence-corrected chi connectivity index (χ2v) is 3.05. The van der Waals surface area contributed by atoms with Crippen molar-refractivity contribution >= 4 is 12.6 Å². The van der Waals surface area contributed by atoms with Gasteiger partial charge in [0.15, 0.2) is 0 Å². The number of hydrogen-bond donors (Lipinski definition) is 0. The van der Waals surface area contributed by atoms with Crippen molar-refractivity contribution in [2.45, 2.75) is 12.8 Å². The lowest BCUT2D eigenvalue weighted by atomic mass is 9.94. The van der Waals surface area contributed by atoms with Crippen molar-refractivity contribution < 1.29 is 9.59 Å². The molecule has 1 aromatic carbocycles. The molecule has 2 heteroatoms. The summed E-state index contributed by atoms with van der Waals surface area (Å²) in [6.07, 6.45) is 2.68. The van der Waals surface area contributed by atoms with Crippen molar-refractivity contribution in [1.29, 1.82) is 0 Å². The van der Waals surface area contributed by atoms with Gasteiger partial charge in [0, 0.05) is 11.5 Å². The summed E-state index contributed by atoms with van der Waals surface area (Å²) >= 11 is 0. The molecule has 0 saturated heterocycles. The van der Waals surface area contributed by atoms with E-state index >= 15 is 0 Å². The minimum Gasteiger partial charge on any atom is -0.299 e. The molecule has 0 aliphatic rings. The van der Waals surface area contributed by atoms with E-state index in [-0.39, 0.29) is 5.92 Å². The molecule has 0 heterocycles. The van der Waals surface area contributed by atoms with Crippen molar-refractivity contribution in [3.8, 4) is 0 Å². The van der Waals surface area contributed by atoms with E-state index in [0.29, 0.717) is 11.9 Å². The van der Waals surface area contributed by atoms with E-state index in [4.69, 9.17) is 0 Å². The molecule has 0 fully saturated rings. The summed E-state index contributed by atoms with van der Waals surface area (Å²) in [4.78, 5) is 21.0. The van der Waals surface area contributed by atoms with Crippen molar-refractivity contribution in [3.05, 3.63) is 47.5 Å². The largest absolute Gasteiger partial charge is 0.299 e. The Labute approximate surface area is 83.3 Å². The Morgan fingerprint density at radius 2 is 1.86 bits per heavy atom. The number of benzene rings is 1. The lowest BCUT2D eigenvalue weighted by Gasteiger charge is -2.10. The second-order valence-electron chi connectivity index (χ2n) is 3.05. The minimum atomic E-state index is -0.0288. The number of allylic oxidation sites excluding steroid dienone is 2. The lowest BCUT2D eigenvalue weighted by molar-refractivity contribution is -0.106. The molecule has 0 N–H and O–H groups in total. The molecule has 0 bridgehead atoms. The van der Waals surface area contributed by atoms with E-state index in [1.54, 1.807) is 0 Å². The molecule has 1 atom stereocenters. The first kappa shape index (κ1) is 10.4. The van der Waals surface area contributed by atoms with Gasteiger partial charge in [-0.3, -0.25) is 9.59 Å². The van der Waals surface area contributed by atoms with E-state index in [1.165, 1.54) is 6.08 Å². The Morgan fingerprint density at radius 1 is 1.21 bits per heavy atom. The van der Waals surface area contributed by atoms with E-state index in [0.717, 1.165) is 11.8 Å². The predicted octanol–water partition coefficient (Wildman–Crippen LogP) is 2.11. The van der Waals surface area contributed by atoms with Gasteiger partial charge in [-0.1, -0.05) is 37.3 Å². The number of carbonyl (C=O) groups excluding carboxylic acids is 2. The quantitative estimate of drug-likeness (QED) is 0.535. The van der Waals surface area contributed by atoms with E-state index in [2.05, 4.69) is 0 Å². The number of carbonyl (C=O) groups is 2. The van der Waals surface area contributed by atoms with Gasteiger partial charge in [0.2, 0.25) is 0 Å². The summed E-state index contributed by atoms with van der Waals surface area (Å²) in [5.41, 5.74) is 1.54. The minimum absolute atomic E-state index is 0.0288. The Kier molecular flexibility index (Phi) is 3.80. The second kappa shape index (κ2) is 5.12. The van der Waals surface area contributed by atoms with Crippen molar-refractivity contribution in [2.75, 3.05) is 0 Å². The van der Waals surface area contributed by atoms with Crippen molar-refractivity contribution in [1.82, 2.24) is 0 Å². The first-order valence-electron chi connectivity index (χ1n) is 4.45. The summed E-state index contributed by atoms with van der Waals surface area (Å²) in [7, 11) is 0. The van der Waals surface area contributed by atoms with Gasteiger partial charge in [0.25, 0.3) is 0 Å². The maximum Gasteiger partial charge on any atom is 0.146 e. The van der Waals surface area contributed by atoms with Gasteiger partial charge in [0.05, 0.1) is 0 Å². The highest BCUT2D eigenvalue weighted by Gasteiger charge is 2.09. The van der Waals surface area contributed by atoms with Crippen molar-refractivity contribution in [2.24, 2.45) is 0 Å². The van der Waals surface area contributed by atoms with Gasteiger partial charge in [-0.05, 0) is 11.6 Å². The van der Waals surface area contributed by atoms with Crippen LogP contribution in [0.15, 0.2) is 42.0 Å². The van der Waals surface area contributed by atoms with Crippen LogP contribution in [0.2, 0.25) is 0 Å². The Balaban J connectivity index is 2.94. The molecule has 0 aromatic heterocycles. The fourth-order valence-corrected chi connectivity index (χ4v) is 1.30. The van der Waals surface area contributed by atoms with E-state index in [1.807, 2.05) is 37.3 Å². The summed E-state index contributed by atoms with van der Waals surface area (Å²) in [6.45, 7) is 1.90. The molecule has 1 rings (SSSR count). The summed E-state index contributed by atoms with van der Waals surface area (Å²) in [5, 5.41) is 0. The zero-order valence-corrected chi connectivity index (χ0v) is 8.01. The molecular weight excluding hydrogens is 176 g/mol. The first-order valence-corrected chi connectivity index (χ1v) is 4.45. The fraction of sp³-hybridized carbons (Fsp3) is 0.167. The fourth-order valence-electron chi connectivity index (χ4n) is 1.30.